The van der Waals surface area contributed by atoms with Gasteiger partial charge in [0, 0.05) is 23.1 Å². The fourth-order valence-electron chi connectivity index (χ4n) is 3.48. The second-order valence-corrected chi connectivity index (χ2v) is 7.16. The zero-order chi connectivity index (χ0) is 20.8. The fourth-order valence-corrected chi connectivity index (χ4v) is 3.48. The molecule has 152 valence electrons. The Morgan fingerprint density at radius 2 is 1.72 bits per heavy atom. The number of hydrogen-bond donors (Lipinski definition) is 1. The number of nitrogens with one attached hydrogen (secondary N) is 1. The second-order valence-electron chi connectivity index (χ2n) is 7.16. The number of para-hydroxylation sites is 1. The SMILES string of the molecule is CCCCn1c(C(=O)Nc2ccc(C(=O)OCCC)cc2)c(C)c2ccccc21. The van der Waals surface area contributed by atoms with E-state index in [0.29, 0.717) is 23.6 Å². The molecule has 0 radical (unpaired) electrons. The van der Waals surface area contributed by atoms with Crippen molar-refractivity contribution in [2.75, 3.05) is 11.9 Å². The topological polar surface area (TPSA) is 60.3 Å². The van der Waals surface area contributed by atoms with Crippen molar-refractivity contribution in [1.29, 1.82) is 0 Å². The first-order valence-corrected chi connectivity index (χ1v) is 10.2. The molecule has 0 spiro atoms. The quantitative estimate of drug-likeness (QED) is 0.510. The molecule has 29 heavy (non-hydrogen) atoms. The summed E-state index contributed by atoms with van der Waals surface area (Å²) in [4.78, 5) is 25.1. The summed E-state index contributed by atoms with van der Waals surface area (Å²) in [5.41, 5.74) is 3.87. The van der Waals surface area contributed by atoms with Crippen LogP contribution in [0.1, 0.15) is 59.5 Å². The summed E-state index contributed by atoms with van der Waals surface area (Å²) in [6, 6.07) is 14.9. The van der Waals surface area contributed by atoms with Gasteiger partial charge in [0.05, 0.1) is 12.2 Å². The predicted octanol–water partition coefficient (Wildman–Crippen LogP) is 5.57. The Labute approximate surface area is 171 Å². The van der Waals surface area contributed by atoms with Gasteiger partial charge in [0.15, 0.2) is 0 Å². The van der Waals surface area contributed by atoms with Crippen LogP contribution < -0.4 is 5.32 Å². The summed E-state index contributed by atoms with van der Waals surface area (Å²) in [5.74, 6) is -0.489. The van der Waals surface area contributed by atoms with E-state index in [9.17, 15) is 9.59 Å². The molecule has 1 heterocycles. The standard InChI is InChI=1S/C24H28N2O3/c1-4-6-15-26-21-10-8-7-9-20(21)17(3)22(26)23(27)25-19-13-11-18(12-14-19)24(28)29-16-5-2/h7-14H,4-6,15-16H2,1-3H3,(H,25,27). The van der Waals surface area contributed by atoms with Gasteiger partial charge in [-0.05, 0) is 55.7 Å². The molecule has 2 aromatic carbocycles. The Bertz CT molecular complexity index is 1000. The average molecular weight is 392 g/mol. The first kappa shape index (κ1) is 20.6. The Morgan fingerprint density at radius 3 is 2.41 bits per heavy atom. The molecule has 1 amide bonds. The number of nitrogens with zero attached hydrogens (tertiary/aromatic N) is 1. The van der Waals surface area contributed by atoms with E-state index < -0.39 is 0 Å². The lowest BCUT2D eigenvalue weighted by Gasteiger charge is -2.12. The molecule has 0 aliphatic heterocycles. The smallest absolute Gasteiger partial charge is 0.338 e. The van der Waals surface area contributed by atoms with E-state index in [1.165, 1.54) is 0 Å². The predicted molar refractivity (Wildman–Crippen MR) is 117 cm³/mol. The summed E-state index contributed by atoms with van der Waals surface area (Å²) in [6.45, 7) is 7.29. The number of anilines is 1. The average Bonchev–Trinajstić information content (AvgIpc) is 3.03. The van der Waals surface area contributed by atoms with E-state index in [1.54, 1.807) is 24.3 Å². The number of ether oxygens (including phenoxy) is 1. The second kappa shape index (κ2) is 9.41. The molecule has 0 unspecified atom stereocenters. The third-order valence-corrected chi connectivity index (χ3v) is 4.99. The molecule has 5 heteroatoms. The molecule has 0 aliphatic carbocycles. The van der Waals surface area contributed by atoms with Crippen molar-refractivity contribution in [3.8, 4) is 0 Å². The van der Waals surface area contributed by atoms with Gasteiger partial charge in [-0.15, -0.1) is 0 Å². The lowest BCUT2D eigenvalue weighted by molar-refractivity contribution is 0.0505. The van der Waals surface area contributed by atoms with Crippen LogP contribution in [-0.4, -0.2) is 23.1 Å². The zero-order valence-corrected chi connectivity index (χ0v) is 17.3. The maximum Gasteiger partial charge on any atom is 0.338 e. The molecule has 3 rings (SSSR count). The molecule has 0 aliphatic rings. The number of amides is 1. The number of fused-ring (bicyclic) bond motifs is 1. The third-order valence-electron chi connectivity index (χ3n) is 4.99. The summed E-state index contributed by atoms with van der Waals surface area (Å²) in [7, 11) is 0. The number of aromatic nitrogens is 1. The van der Waals surface area contributed by atoms with Crippen LogP contribution >= 0.6 is 0 Å². The fraction of sp³-hybridized carbons (Fsp3) is 0.333. The van der Waals surface area contributed by atoms with E-state index in [0.717, 1.165) is 42.3 Å². The van der Waals surface area contributed by atoms with Gasteiger partial charge >= 0.3 is 5.97 Å². The third kappa shape index (κ3) is 4.50. The first-order valence-electron chi connectivity index (χ1n) is 10.2. The number of carbonyl (C=O) groups is 2. The number of hydrogen-bond acceptors (Lipinski definition) is 3. The van der Waals surface area contributed by atoms with Gasteiger partial charge in [0.1, 0.15) is 5.69 Å². The van der Waals surface area contributed by atoms with Gasteiger partial charge in [-0.25, -0.2) is 4.79 Å². The van der Waals surface area contributed by atoms with Crippen LogP contribution in [0.15, 0.2) is 48.5 Å². The molecule has 0 fully saturated rings. The molecule has 0 saturated heterocycles. The van der Waals surface area contributed by atoms with Crippen LogP contribution in [0, 0.1) is 6.92 Å². The minimum atomic E-state index is -0.347. The van der Waals surface area contributed by atoms with E-state index in [2.05, 4.69) is 28.9 Å². The van der Waals surface area contributed by atoms with Gasteiger partial charge < -0.3 is 14.6 Å². The molecule has 3 aromatic rings. The summed E-state index contributed by atoms with van der Waals surface area (Å²) in [6.07, 6.45) is 2.85. The van der Waals surface area contributed by atoms with Crippen LogP contribution in [0.4, 0.5) is 5.69 Å². The first-order chi connectivity index (χ1) is 14.1. The molecule has 1 aromatic heterocycles. The van der Waals surface area contributed by atoms with Crippen molar-refractivity contribution in [3.63, 3.8) is 0 Å². The highest BCUT2D eigenvalue weighted by Crippen LogP contribution is 2.27. The number of unbranched alkanes of at least 4 members (excludes halogenated alkanes) is 1. The minimum Gasteiger partial charge on any atom is -0.462 e. The summed E-state index contributed by atoms with van der Waals surface area (Å²) < 4.78 is 7.25. The van der Waals surface area contributed by atoms with Crippen molar-refractivity contribution in [2.45, 2.75) is 46.6 Å². The molecule has 0 atom stereocenters. The summed E-state index contributed by atoms with van der Waals surface area (Å²) in [5, 5.41) is 4.07. The number of aryl methyl sites for hydroxylation is 2. The molecule has 0 saturated carbocycles. The Hall–Kier alpha value is -3.08. The van der Waals surface area contributed by atoms with Crippen LogP contribution in [0.25, 0.3) is 10.9 Å². The number of rotatable bonds is 8. The lowest BCUT2D eigenvalue weighted by Crippen LogP contribution is -2.18. The highest BCUT2D eigenvalue weighted by atomic mass is 16.5. The van der Waals surface area contributed by atoms with Crippen molar-refractivity contribution >= 4 is 28.5 Å². The van der Waals surface area contributed by atoms with Gasteiger partial charge in [-0.2, -0.15) is 0 Å². The van der Waals surface area contributed by atoms with Gasteiger partial charge in [-0.1, -0.05) is 38.5 Å². The van der Waals surface area contributed by atoms with E-state index in [-0.39, 0.29) is 11.9 Å². The minimum absolute atomic E-state index is 0.142. The molecule has 5 nitrogen and oxygen atoms in total. The highest BCUT2D eigenvalue weighted by molar-refractivity contribution is 6.08. The van der Waals surface area contributed by atoms with E-state index in [1.807, 2.05) is 26.0 Å². The van der Waals surface area contributed by atoms with Crippen LogP contribution in [-0.2, 0) is 11.3 Å². The lowest BCUT2D eigenvalue weighted by atomic mass is 10.1. The Kier molecular flexibility index (Phi) is 6.70. The van der Waals surface area contributed by atoms with Crippen LogP contribution in [0.5, 0.6) is 0 Å². The Balaban J connectivity index is 1.84. The highest BCUT2D eigenvalue weighted by Gasteiger charge is 2.20. The molecular formula is C24H28N2O3. The van der Waals surface area contributed by atoms with E-state index in [4.69, 9.17) is 4.74 Å². The van der Waals surface area contributed by atoms with Crippen molar-refractivity contribution < 1.29 is 14.3 Å². The monoisotopic (exact) mass is 392 g/mol. The number of esters is 1. The number of carbonyl (C=O) groups excluding carboxylic acids is 2. The van der Waals surface area contributed by atoms with Crippen molar-refractivity contribution in [2.24, 2.45) is 0 Å². The van der Waals surface area contributed by atoms with Gasteiger partial charge in [0.2, 0.25) is 0 Å². The van der Waals surface area contributed by atoms with Gasteiger partial charge in [-0.3, -0.25) is 4.79 Å². The molecule has 0 bridgehead atoms. The van der Waals surface area contributed by atoms with E-state index >= 15 is 0 Å². The molecule has 1 N–H and O–H groups in total. The van der Waals surface area contributed by atoms with Gasteiger partial charge in [0.25, 0.3) is 5.91 Å². The maximum atomic E-state index is 13.1. The van der Waals surface area contributed by atoms with Crippen LogP contribution in [0.3, 0.4) is 0 Å². The largest absolute Gasteiger partial charge is 0.462 e. The zero-order valence-electron chi connectivity index (χ0n) is 17.3. The normalized spacial score (nSPS) is 10.9. The van der Waals surface area contributed by atoms with Crippen molar-refractivity contribution in [3.05, 3.63) is 65.4 Å². The maximum absolute atomic E-state index is 13.1. The summed E-state index contributed by atoms with van der Waals surface area (Å²) >= 11 is 0. The number of benzene rings is 2. The molecular weight excluding hydrogens is 364 g/mol. The Morgan fingerprint density at radius 1 is 1.00 bits per heavy atom. The van der Waals surface area contributed by atoms with Crippen LogP contribution in [0.2, 0.25) is 0 Å². The van der Waals surface area contributed by atoms with Crippen molar-refractivity contribution in [1.82, 2.24) is 4.57 Å².